The van der Waals surface area contributed by atoms with Crippen molar-refractivity contribution in [1.29, 1.82) is 0 Å². The highest BCUT2D eigenvalue weighted by atomic mass is 15.0. The van der Waals surface area contributed by atoms with Crippen molar-refractivity contribution in [2.24, 2.45) is 0 Å². The van der Waals surface area contributed by atoms with Crippen molar-refractivity contribution in [2.45, 2.75) is 6.54 Å². The third kappa shape index (κ3) is 2.68. The topological polar surface area (TPSA) is 42.7 Å². The third-order valence-electron chi connectivity index (χ3n) is 4.11. The van der Waals surface area contributed by atoms with Gasteiger partial charge in [0.05, 0.1) is 11.0 Å². The van der Waals surface area contributed by atoms with Crippen molar-refractivity contribution in [3.63, 3.8) is 0 Å². The molecule has 2 aromatic heterocycles. The number of nitrogens with zero attached hydrogens (tertiary/aromatic N) is 3. The Kier molecular flexibility index (Phi) is 3.81. The fraction of sp³-hybridized carbons (Fsp3) is 0.100. The van der Waals surface area contributed by atoms with Crippen LogP contribution in [0.3, 0.4) is 0 Å². The maximum Gasteiger partial charge on any atom is 0.100 e. The van der Waals surface area contributed by atoms with Gasteiger partial charge in [0.1, 0.15) is 6.33 Å². The van der Waals surface area contributed by atoms with Gasteiger partial charge < -0.3 is 5.32 Å². The van der Waals surface area contributed by atoms with Gasteiger partial charge in [0.25, 0.3) is 0 Å². The van der Waals surface area contributed by atoms with Gasteiger partial charge in [-0.2, -0.15) is 0 Å². The van der Waals surface area contributed by atoms with Gasteiger partial charge in [-0.3, -0.25) is 9.55 Å². The lowest BCUT2D eigenvalue weighted by Gasteiger charge is -2.08. The SMILES string of the molecule is CNCc1ccc2c(c1)ncn2-c1cccc(-c2cccnc2)c1. The molecule has 4 rings (SSSR count). The summed E-state index contributed by atoms with van der Waals surface area (Å²) >= 11 is 0. The van der Waals surface area contributed by atoms with Crippen LogP contribution in [0.4, 0.5) is 0 Å². The summed E-state index contributed by atoms with van der Waals surface area (Å²) in [5.41, 5.74) is 6.71. The molecule has 1 N–H and O–H groups in total. The fourth-order valence-corrected chi connectivity index (χ4v) is 2.95. The Hall–Kier alpha value is -2.98. The van der Waals surface area contributed by atoms with Crippen molar-refractivity contribution in [1.82, 2.24) is 19.9 Å². The molecule has 0 bridgehead atoms. The highest BCUT2D eigenvalue weighted by Crippen LogP contribution is 2.24. The van der Waals surface area contributed by atoms with Crippen LogP contribution in [0.15, 0.2) is 73.3 Å². The number of pyridine rings is 1. The zero-order valence-corrected chi connectivity index (χ0v) is 13.5. The van der Waals surface area contributed by atoms with Crippen molar-refractivity contribution >= 4 is 11.0 Å². The Morgan fingerprint density at radius 1 is 1.00 bits per heavy atom. The van der Waals surface area contributed by atoms with Crippen LogP contribution in [0.2, 0.25) is 0 Å². The van der Waals surface area contributed by atoms with Crippen LogP contribution in [0.1, 0.15) is 5.56 Å². The van der Waals surface area contributed by atoms with Crippen molar-refractivity contribution in [3.05, 3.63) is 78.9 Å². The molecule has 2 heterocycles. The first kappa shape index (κ1) is 14.6. The zero-order valence-electron chi connectivity index (χ0n) is 13.5. The molecule has 118 valence electrons. The molecule has 0 unspecified atom stereocenters. The summed E-state index contributed by atoms with van der Waals surface area (Å²) in [6, 6.07) is 18.9. The predicted octanol–water partition coefficient (Wildman–Crippen LogP) is 3.81. The summed E-state index contributed by atoms with van der Waals surface area (Å²) in [6.45, 7) is 0.847. The zero-order chi connectivity index (χ0) is 16.4. The minimum atomic E-state index is 0.847. The summed E-state index contributed by atoms with van der Waals surface area (Å²) in [7, 11) is 1.95. The molecule has 0 aliphatic rings. The van der Waals surface area contributed by atoms with Crippen LogP contribution in [0, 0.1) is 0 Å². The molecule has 4 heteroatoms. The number of fused-ring (bicyclic) bond motifs is 1. The summed E-state index contributed by atoms with van der Waals surface area (Å²) in [6.07, 6.45) is 5.56. The molecule has 4 nitrogen and oxygen atoms in total. The normalized spacial score (nSPS) is 11.0. The maximum atomic E-state index is 4.56. The van der Waals surface area contributed by atoms with Crippen LogP contribution in [-0.4, -0.2) is 21.6 Å². The highest BCUT2D eigenvalue weighted by Gasteiger charge is 2.07. The van der Waals surface area contributed by atoms with Gasteiger partial charge in [0.2, 0.25) is 0 Å². The van der Waals surface area contributed by atoms with E-state index in [-0.39, 0.29) is 0 Å². The molecular weight excluding hydrogens is 296 g/mol. The monoisotopic (exact) mass is 314 g/mol. The van der Waals surface area contributed by atoms with E-state index in [1.54, 1.807) is 6.20 Å². The largest absolute Gasteiger partial charge is 0.316 e. The summed E-state index contributed by atoms with van der Waals surface area (Å²) < 4.78 is 2.12. The van der Waals surface area contributed by atoms with E-state index in [1.807, 2.05) is 25.6 Å². The van der Waals surface area contributed by atoms with E-state index in [9.17, 15) is 0 Å². The smallest absolute Gasteiger partial charge is 0.100 e. The van der Waals surface area contributed by atoms with E-state index in [0.29, 0.717) is 0 Å². The lowest BCUT2D eigenvalue weighted by Crippen LogP contribution is -2.04. The fourth-order valence-electron chi connectivity index (χ4n) is 2.95. The molecule has 0 saturated carbocycles. The second-order valence-electron chi connectivity index (χ2n) is 5.76. The molecule has 24 heavy (non-hydrogen) atoms. The summed E-state index contributed by atoms with van der Waals surface area (Å²) in [4.78, 5) is 8.77. The van der Waals surface area contributed by atoms with E-state index in [2.05, 4.69) is 68.4 Å². The van der Waals surface area contributed by atoms with Gasteiger partial charge in [-0.1, -0.05) is 24.3 Å². The third-order valence-corrected chi connectivity index (χ3v) is 4.11. The number of imidazole rings is 1. The number of aromatic nitrogens is 3. The molecule has 0 saturated heterocycles. The van der Waals surface area contributed by atoms with Crippen LogP contribution in [0.5, 0.6) is 0 Å². The molecule has 4 aromatic rings. The summed E-state index contributed by atoms with van der Waals surface area (Å²) in [5, 5.41) is 3.17. The standard InChI is InChI=1S/C20H18N4/c1-21-12-15-7-8-20-19(10-15)23-14-24(20)18-6-2-4-16(11-18)17-5-3-9-22-13-17/h2-11,13-14,21H,12H2,1H3. The van der Waals surface area contributed by atoms with Crippen LogP contribution >= 0.6 is 0 Å². The van der Waals surface area contributed by atoms with E-state index in [1.165, 1.54) is 5.56 Å². The molecule has 0 fully saturated rings. The Morgan fingerprint density at radius 2 is 1.92 bits per heavy atom. The number of hydrogen-bond acceptors (Lipinski definition) is 3. The number of hydrogen-bond donors (Lipinski definition) is 1. The van der Waals surface area contributed by atoms with Gasteiger partial charge in [0.15, 0.2) is 0 Å². The summed E-state index contributed by atoms with van der Waals surface area (Å²) in [5.74, 6) is 0. The number of nitrogens with one attached hydrogen (secondary N) is 1. The molecule has 0 radical (unpaired) electrons. The molecular formula is C20H18N4. The first-order valence-corrected chi connectivity index (χ1v) is 7.96. The minimum Gasteiger partial charge on any atom is -0.316 e. The average molecular weight is 314 g/mol. The minimum absolute atomic E-state index is 0.847. The molecule has 0 spiro atoms. The van der Waals surface area contributed by atoms with Gasteiger partial charge in [-0.25, -0.2) is 4.98 Å². The van der Waals surface area contributed by atoms with Crippen molar-refractivity contribution in [2.75, 3.05) is 7.05 Å². The lowest BCUT2D eigenvalue weighted by molar-refractivity contribution is 0.819. The molecule has 2 aromatic carbocycles. The lowest BCUT2D eigenvalue weighted by atomic mass is 10.1. The van der Waals surface area contributed by atoms with Gasteiger partial charge in [-0.15, -0.1) is 0 Å². The Labute approximate surface area is 140 Å². The van der Waals surface area contributed by atoms with E-state index in [0.717, 1.165) is 34.4 Å². The molecule has 0 atom stereocenters. The Morgan fingerprint density at radius 3 is 2.75 bits per heavy atom. The molecule has 0 amide bonds. The molecule has 0 aliphatic heterocycles. The Balaban J connectivity index is 1.78. The second-order valence-corrected chi connectivity index (χ2v) is 5.76. The first-order chi connectivity index (χ1) is 11.8. The average Bonchev–Trinajstić information content (AvgIpc) is 3.06. The van der Waals surface area contributed by atoms with Crippen molar-refractivity contribution in [3.8, 4) is 16.8 Å². The maximum absolute atomic E-state index is 4.56. The van der Waals surface area contributed by atoms with Crippen LogP contribution in [0.25, 0.3) is 27.8 Å². The van der Waals surface area contributed by atoms with Gasteiger partial charge in [0, 0.05) is 30.2 Å². The molecule has 0 aliphatic carbocycles. The first-order valence-electron chi connectivity index (χ1n) is 7.96. The van der Waals surface area contributed by atoms with Crippen molar-refractivity contribution < 1.29 is 0 Å². The van der Waals surface area contributed by atoms with Crippen LogP contribution in [-0.2, 0) is 6.54 Å². The van der Waals surface area contributed by atoms with E-state index in [4.69, 9.17) is 0 Å². The second kappa shape index (κ2) is 6.26. The van der Waals surface area contributed by atoms with Gasteiger partial charge in [-0.05, 0) is 48.5 Å². The van der Waals surface area contributed by atoms with Gasteiger partial charge >= 0.3 is 0 Å². The quantitative estimate of drug-likeness (QED) is 0.623. The van der Waals surface area contributed by atoms with E-state index < -0.39 is 0 Å². The van der Waals surface area contributed by atoms with E-state index >= 15 is 0 Å². The Bertz CT molecular complexity index is 973. The number of rotatable bonds is 4. The predicted molar refractivity (Wildman–Crippen MR) is 97.1 cm³/mol. The highest BCUT2D eigenvalue weighted by molar-refractivity contribution is 5.78. The van der Waals surface area contributed by atoms with Crippen LogP contribution < -0.4 is 5.32 Å². The number of benzene rings is 2.